The van der Waals surface area contributed by atoms with Gasteiger partial charge in [0.25, 0.3) is 0 Å². The molecule has 0 aromatic heterocycles. The lowest BCUT2D eigenvalue weighted by Crippen LogP contribution is -2.42. The van der Waals surface area contributed by atoms with Crippen LogP contribution in [0.1, 0.15) is 23.2 Å². The second kappa shape index (κ2) is 8.34. The van der Waals surface area contributed by atoms with Crippen LogP contribution in [0.25, 0.3) is 0 Å². The summed E-state index contributed by atoms with van der Waals surface area (Å²) in [6.45, 7) is 0. The van der Waals surface area contributed by atoms with Crippen LogP contribution in [0.5, 0.6) is 5.75 Å². The first-order chi connectivity index (χ1) is 10.5. The Morgan fingerprint density at radius 2 is 1.22 bits per heavy atom. The van der Waals surface area contributed by atoms with Gasteiger partial charge in [0, 0.05) is 0 Å². The molecule has 0 amide bonds. The average molecular weight is 330 g/mol. The van der Waals surface area contributed by atoms with E-state index in [0.717, 1.165) is 0 Å². The number of hydrogen-bond acceptors (Lipinski definition) is 6. The molecule has 0 aliphatic carbocycles. The minimum Gasteiger partial charge on any atom is -0.508 e. The molecule has 0 unspecified atom stereocenters. The van der Waals surface area contributed by atoms with Crippen LogP contribution in [-0.2, 0) is 14.4 Å². The molecule has 0 fully saturated rings. The van der Waals surface area contributed by atoms with Crippen molar-refractivity contribution < 1.29 is 49.8 Å². The fourth-order valence-electron chi connectivity index (χ4n) is 1.32. The number of aromatic hydroxyl groups is 1. The monoisotopic (exact) mass is 330 g/mol. The summed E-state index contributed by atoms with van der Waals surface area (Å²) in [7, 11) is 0. The average Bonchev–Trinajstić information content (AvgIpc) is 2.37. The van der Waals surface area contributed by atoms with E-state index in [0.29, 0.717) is 0 Å². The number of carboxylic acids is 4. The number of hydrogen-bond donors (Lipinski definition) is 6. The molecule has 0 atom stereocenters. The second-order valence-electron chi connectivity index (χ2n) is 4.33. The third-order valence-electron chi connectivity index (χ3n) is 2.40. The Balaban J connectivity index is 0.000000433. The van der Waals surface area contributed by atoms with E-state index in [1.165, 1.54) is 24.3 Å². The molecular weight excluding hydrogens is 316 g/mol. The van der Waals surface area contributed by atoms with Gasteiger partial charge in [-0.25, -0.2) is 9.59 Å². The molecule has 6 N–H and O–H groups in total. The number of benzene rings is 1. The maximum Gasteiger partial charge on any atom is 0.336 e. The Morgan fingerprint density at radius 1 is 0.826 bits per heavy atom. The number of phenols is 1. The zero-order valence-electron chi connectivity index (χ0n) is 11.5. The highest BCUT2D eigenvalue weighted by molar-refractivity contribution is 5.88. The van der Waals surface area contributed by atoms with Gasteiger partial charge in [0.1, 0.15) is 5.75 Å². The molecular formula is C13H14O10. The standard InChI is InChI=1S/C7H6O3.C6H8O7/c8-6-3-1-5(2-4-6)7(9)10;7-3(8)1-6(13,5(11)12)2-4(9)10/h1-4,8H,(H,9,10);13H,1-2H2,(H,7,8)(H,9,10)(H,11,12). The molecule has 10 nitrogen and oxygen atoms in total. The molecule has 1 aromatic carbocycles. The van der Waals surface area contributed by atoms with Gasteiger partial charge in [-0.1, -0.05) is 0 Å². The van der Waals surface area contributed by atoms with Crippen LogP contribution < -0.4 is 0 Å². The van der Waals surface area contributed by atoms with Crippen molar-refractivity contribution in [3.05, 3.63) is 29.8 Å². The Morgan fingerprint density at radius 3 is 1.48 bits per heavy atom. The number of rotatable bonds is 6. The van der Waals surface area contributed by atoms with Crippen LogP contribution >= 0.6 is 0 Å². The van der Waals surface area contributed by atoms with Gasteiger partial charge in [0.05, 0.1) is 18.4 Å². The number of carboxylic acid groups (broad SMARTS) is 4. The summed E-state index contributed by atoms with van der Waals surface area (Å²) in [5.74, 6) is -5.93. The van der Waals surface area contributed by atoms with Crippen molar-refractivity contribution in [1.82, 2.24) is 0 Å². The molecule has 0 spiro atoms. The summed E-state index contributed by atoms with van der Waals surface area (Å²) in [5.41, 5.74) is -2.56. The summed E-state index contributed by atoms with van der Waals surface area (Å²) >= 11 is 0. The smallest absolute Gasteiger partial charge is 0.336 e. The summed E-state index contributed by atoms with van der Waals surface area (Å²) in [6.07, 6.45) is -2.29. The van der Waals surface area contributed by atoms with Gasteiger partial charge in [-0.05, 0) is 24.3 Å². The fraction of sp³-hybridized carbons (Fsp3) is 0.231. The van der Waals surface area contributed by atoms with Crippen molar-refractivity contribution in [3.63, 3.8) is 0 Å². The fourth-order valence-corrected chi connectivity index (χ4v) is 1.32. The van der Waals surface area contributed by atoms with E-state index < -0.39 is 42.3 Å². The molecule has 0 saturated heterocycles. The Bertz CT molecular complexity index is 573. The molecule has 126 valence electrons. The number of aliphatic carboxylic acids is 3. The lowest BCUT2D eigenvalue weighted by atomic mass is 9.96. The van der Waals surface area contributed by atoms with Gasteiger partial charge in [-0.3, -0.25) is 9.59 Å². The molecule has 0 aliphatic rings. The molecule has 0 radical (unpaired) electrons. The van der Waals surface area contributed by atoms with Gasteiger partial charge in [-0.2, -0.15) is 0 Å². The Labute approximate surface area is 128 Å². The van der Waals surface area contributed by atoms with Gasteiger partial charge in [0.2, 0.25) is 0 Å². The van der Waals surface area contributed by atoms with Crippen molar-refractivity contribution in [1.29, 1.82) is 0 Å². The Hall–Kier alpha value is -3.14. The minimum atomic E-state index is -2.74. The SMILES string of the molecule is O=C(O)CC(O)(CC(=O)O)C(=O)O.O=C(O)c1ccc(O)cc1. The van der Waals surface area contributed by atoms with Crippen LogP contribution in [0, 0.1) is 0 Å². The predicted octanol–water partition coefficient (Wildman–Crippen LogP) is -0.158. The third kappa shape index (κ3) is 7.43. The highest BCUT2D eigenvalue weighted by atomic mass is 16.4. The predicted molar refractivity (Wildman–Crippen MR) is 72.2 cm³/mol. The van der Waals surface area contributed by atoms with Crippen LogP contribution in [0.3, 0.4) is 0 Å². The van der Waals surface area contributed by atoms with Crippen molar-refractivity contribution in [2.75, 3.05) is 0 Å². The molecule has 10 heteroatoms. The maximum absolute atomic E-state index is 10.3. The second-order valence-corrected chi connectivity index (χ2v) is 4.33. The third-order valence-corrected chi connectivity index (χ3v) is 2.40. The summed E-state index contributed by atoms with van der Waals surface area (Å²) < 4.78 is 0. The minimum absolute atomic E-state index is 0.0741. The van der Waals surface area contributed by atoms with Crippen molar-refractivity contribution in [3.8, 4) is 5.75 Å². The molecule has 0 heterocycles. The van der Waals surface area contributed by atoms with E-state index in [2.05, 4.69) is 0 Å². The van der Waals surface area contributed by atoms with Crippen molar-refractivity contribution >= 4 is 23.9 Å². The lowest BCUT2D eigenvalue weighted by molar-refractivity contribution is -0.170. The van der Waals surface area contributed by atoms with E-state index >= 15 is 0 Å². The van der Waals surface area contributed by atoms with E-state index in [4.69, 9.17) is 30.6 Å². The van der Waals surface area contributed by atoms with Crippen LogP contribution in [0.15, 0.2) is 24.3 Å². The largest absolute Gasteiger partial charge is 0.508 e. The van der Waals surface area contributed by atoms with Crippen LogP contribution in [-0.4, -0.2) is 60.1 Å². The highest BCUT2D eigenvalue weighted by Crippen LogP contribution is 2.15. The quantitative estimate of drug-likeness (QED) is 0.408. The summed E-state index contributed by atoms with van der Waals surface area (Å²) in [5, 5.41) is 51.0. The Kier molecular flexibility index (Phi) is 7.20. The van der Waals surface area contributed by atoms with Gasteiger partial charge in [0.15, 0.2) is 5.60 Å². The number of phenolic OH excluding ortho intramolecular Hbond substituents is 1. The van der Waals surface area contributed by atoms with E-state index in [-0.39, 0.29) is 11.3 Å². The summed E-state index contributed by atoms with van der Waals surface area (Å²) in [4.78, 5) is 40.7. The van der Waals surface area contributed by atoms with Gasteiger partial charge >= 0.3 is 23.9 Å². The first kappa shape index (κ1) is 19.9. The highest BCUT2D eigenvalue weighted by Gasteiger charge is 2.40. The molecule has 0 aliphatic heterocycles. The molecule has 0 saturated carbocycles. The van der Waals surface area contributed by atoms with E-state index in [9.17, 15) is 19.2 Å². The van der Waals surface area contributed by atoms with E-state index in [1.54, 1.807) is 0 Å². The van der Waals surface area contributed by atoms with Gasteiger partial charge in [-0.15, -0.1) is 0 Å². The van der Waals surface area contributed by atoms with Gasteiger partial charge < -0.3 is 30.6 Å². The molecule has 0 bridgehead atoms. The van der Waals surface area contributed by atoms with Crippen molar-refractivity contribution in [2.24, 2.45) is 0 Å². The van der Waals surface area contributed by atoms with Crippen LogP contribution in [0.2, 0.25) is 0 Å². The topological polar surface area (TPSA) is 190 Å². The van der Waals surface area contributed by atoms with Crippen molar-refractivity contribution in [2.45, 2.75) is 18.4 Å². The number of aliphatic hydroxyl groups is 1. The molecule has 1 aromatic rings. The maximum atomic E-state index is 10.3. The van der Waals surface area contributed by atoms with Crippen LogP contribution in [0.4, 0.5) is 0 Å². The number of carbonyl (C=O) groups is 4. The zero-order valence-corrected chi connectivity index (χ0v) is 11.5. The lowest BCUT2D eigenvalue weighted by Gasteiger charge is -2.18. The zero-order chi connectivity index (χ0) is 18.2. The first-order valence-corrected chi connectivity index (χ1v) is 5.89. The number of aromatic carboxylic acids is 1. The molecule has 1 rings (SSSR count). The van der Waals surface area contributed by atoms with E-state index in [1.807, 2.05) is 0 Å². The molecule has 23 heavy (non-hydrogen) atoms. The first-order valence-electron chi connectivity index (χ1n) is 5.89. The normalized spacial score (nSPS) is 10.1. The summed E-state index contributed by atoms with van der Waals surface area (Å²) in [6, 6.07) is 5.36.